The summed E-state index contributed by atoms with van der Waals surface area (Å²) in [6.45, 7) is 5.30. The molecule has 1 aliphatic rings. The molecule has 2 aromatic heterocycles. The van der Waals surface area contributed by atoms with Crippen LogP contribution in [0, 0.1) is 6.92 Å². The monoisotopic (exact) mass is 406 g/mol. The van der Waals surface area contributed by atoms with Crippen molar-refractivity contribution in [3.05, 3.63) is 20.4 Å². The van der Waals surface area contributed by atoms with Gasteiger partial charge < -0.3 is 9.64 Å². The number of imidazole rings is 1. The molecule has 0 N–H and O–H groups in total. The maximum atomic E-state index is 5.36. The molecule has 3 heterocycles. The van der Waals surface area contributed by atoms with Crippen LogP contribution < -0.4 is 4.90 Å². The van der Waals surface area contributed by atoms with Gasteiger partial charge in [-0.1, -0.05) is 0 Å². The van der Waals surface area contributed by atoms with Crippen molar-refractivity contribution in [2.75, 3.05) is 31.2 Å². The van der Waals surface area contributed by atoms with Crippen molar-refractivity contribution in [3.63, 3.8) is 0 Å². The summed E-state index contributed by atoms with van der Waals surface area (Å²) in [4.78, 5) is 11.3. The van der Waals surface area contributed by atoms with Gasteiger partial charge in [0, 0.05) is 18.5 Å². The number of morpholine rings is 1. The molecule has 19 heavy (non-hydrogen) atoms. The van der Waals surface area contributed by atoms with E-state index in [-0.39, 0.29) is 0 Å². The fraction of sp³-hybridized carbons (Fsp3) is 0.455. The zero-order chi connectivity index (χ0) is 13.4. The predicted molar refractivity (Wildman–Crippen MR) is 82.4 cm³/mol. The van der Waals surface area contributed by atoms with E-state index < -0.39 is 0 Å². The van der Waals surface area contributed by atoms with Gasteiger partial charge in [-0.2, -0.15) is 0 Å². The topological polar surface area (TPSA) is 43.2 Å². The Balaban J connectivity index is 1.92. The number of hydrogen-bond acceptors (Lipinski definition) is 5. The van der Waals surface area contributed by atoms with Gasteiger partial charge >= 0.3 is 0 Å². The Bertz CT molecular complexity index is 592. The van der Waals surface area contributed by atoms with Crippen molar-refractivity contribution >= 4 is 48.3 Å². The van der Waals surface area contributed by atoms with Crippen LogP contribution in [-0.2, 0) is 4.74 Å². The normalized spacial score (nSPS) is 16.1. The molecule has 2 aromatic rings. The van der Waals surface area contributed by atoms with Crippen molar-refractivity contribution in [1.29, 1.82) is 0 Å². The Kier molecular flexibility index (Phi) is 3.93. The van der Waals surface area contributed by atoms with Crippen molar-refractivity contribution in [2.45, 2.75) is 6.92 Å². The first-order chi connectivity index (χ1) is 9.16. The molecule has 5 nitrogen and oxygen atoms in total. The van der Waals surface area contributed by atoms with Gasteiger partial charge in [-0.05, 0) is 38.8 Å². The van der Waals surface area contributed by atoms with Crippen molar-refractivity contribution in [3.8, 4) is 5.82 Å². The molecule has 0 atom stereocenters. The predicted octanol–water partition coefficient (Wildman–Crippen LogP) is 3.00. The number of anilines is 1. The van der Waals surface area contributed by atoms with Gasteiger partial charge in [-0.15, -0.1) is 11.3 Å². The minimum absolute atomic E-state index is 0.760. The number of rotatable bonds is 2. The van der Waals surface area contributed by atoms with Crippen molar-refractivity contribution < 1.29 is 4.74 Å². The van der Waals surface area contributed by atoms with Crippen LogP contribution in [-0.4, -0.2) is 40.8 Å². The first kappa shape index (κ1) is 13.5. The fourth-order valence-corrected chi connectivity index (χ4v) is 4.08. The lowest BCUT2D eigenvalue weighted by Crippen LogP contribution is -2.36. The van der Waals surface area contributed by atoms with Crippen LogP contribution in [0.3, 0.4) is 0 Å². The summed E-state index contributed by atoms with van der Waals surface area (Å²) in [6, 6.07) is 0. The molecular formula is C11H12Br2N4OS. The Hall–Kier alpha value is -0.440. The summed E-state index contributed by atoms with van der Waals surface area (Å²) in [5.41, 5.74) is 0.938. The third-order valence-electron chi connectivity index (χ3n) is 2.93. The molecule has 0 aromatic carbocycles. The first-order valence-corrected chi connectivity index (χ1v) is 8.32. The highest BCUT2D eigenvalue weighted by Crippen LogP contribution is 2.30. The second kappa shape index (κ2) is 5.51. The number of aromatic nitrogens is 3. The SMILES string of the molecule is Cc1nc(Br)n(-c2csc(N3CCOCC3)n2)c1Br. The molecule has 8 heteroatoms. The summed E-state index contributed by atoms with van der Waals surface area (Å²) in [6.07, 6.45) is 0. The Morgan fingerprint density at radius 2 is 2.00 bits per heavy atom. The number of halogens is 2. The zero-order valence-corrected chi connectivity index (χ0v) is 14.3. The number of aryl methyl sites for hydroxylation is 1. The highest BCUT2D eigenvalue weighted by Gasteiger charge is 2.18. The van der Waals surface area contributed by atoms with E-state index in [1.54, 1.807) is 11.3 Å². The molecule has 0 bridgehead atoms. The Morgan fingerprint density at radius 3 is 2.63 bits per heavy atom. The maximum absolute atomic E-state index is 5.36. The van der Waals surface area contributed by atoms with E-state index in [0.29, 0.717) is 0 Å². The highest BCUT2D eigenvalue weighted by atomic mass is 79.9. The molecule has 1 aliphatic heterocycles. The molecule has 1 fully saturated rings. The van der Waals surface area contributed by atoms with Gasteiger partial charge in [0.2, 0.25) is 0 Å². The summed E-state index contributed by atoms with van der Waals surface area (Å²) < 4.78 is 9.00. The third kappa shape index (κ3) is 2.58. The van der Waals surface area contributed by atoms with Gasteiger partial charge in [0.25, 0.3) is 0 Å². The van der Waals surface area contributed by atoms with Crippen molar-refractivity contribution in [2.24, 2.45) is 0 Å². The number of ether oxygens (including phenoxy) is 1. The second-order valence-corrected chi connectivity index (χ2v) is 6.48. The molecule has 0 radical (unpaired) electrons. The van der Waals surface area contributed by atoms with E-state index in [4.69, 9.17) is 9.72 Å². The van der Waals surface area contributed by atoms with E-state index in [1.807, 2.05) is 16.9 Å². The number of hydrogen-bond donors (Lipinski definition) is 0. The molecule has 0 spiro atoms. The average Bonchev–Trinajstić information content (AvgIpc) is 2.97. The lowest BCUT2D eigenvalue weighted by molar-refractivity contribution is 0.122. The van der Waals surface area contributed by atoms with Gasteiger partial charge in [-0.25, -0.2) is 9.97 Å². The molecule has 1 saturated heterocycles. The number of nitrogens with zero attached hydrogens (tertiary/aromatic N) is 4. The van der Waals surface area contributed by atoms with Crippen LogP contribution in [0.4, 0.5) is 5.13 Å². The van der Waals surface area contributed by atoms with E-state index >= 15 is 0 Å². The van der Waals surface area contributed by atoms with Gasteiger partial charge in [0.1, 0.15) is 4.60 Å². The Labute approximate surface area is 131 Å². The van der Waals surface area contributed by atoms with Crippen LogP contribution in [0.1, 0.15) is 5.69 Å². The highest BCUT2D eigenvalue weighted by molar-refractivity contribution is 9.11. The van der Waals surface area contributed by atoms with E-state index in [2.05, 4.69) is 41.7 Å². The lowest BCUT2D eigenvalue weighted by Gasteiger charge is -2.25. The maximum Gasteiger partial charge on any atom is 0.187 e. The van der Waals surface area contributed by atoms with Crippen LogP contribution in [0.2, 0.25) is 0 Å². The summed E-state index contributed by atoms with van der Waals surface area (Å²) in [5.74, 6) is 0.880. The van der Waals surface area contributed by atoms with Crippen LogP contribution in [0.15, 0.2) is 14.7 Å². The molecule has 0 amide bonds. The second-order valence-electron chi connectivity index (χ2n) is 4.18. The lowest BCUT2D eigenvalue weighted by atomic mass is 10.5. The van der Waals surface area contributed by atoms with Gasteiger partial charge in [0.15, 0.2) is 15.7 Å². The minimum atomic E-state index is 0.760. The van der Waals surface area contributed by atoms with Crippen LogP contribution >= 0.6 is 43.2 Å². The first-order valence-electron chi connectivity index (χ1n) is 5.86. The van der Waals surface area contributed by atoms with Crippen molar-refractivity contribution in [1.82, 2.24) is 14.5 Å². The quantitative estimate of drug-likeness (QED) is 0.767. The largest absolute Gasteiger partial charge is 0.378 e. The van der Waals surface area contributed by atoms with Gasteiger partial charge in [-0.3, -0.25) is 4.57 Å². The molecule has 0 unspecified atom stereocenters. The molecule has 3 rings (SSSR count). The number of thiazole rings is 1. The fourth-order valence-electron chi connectivity index (χ4n) is 1.93. The summed E-state index contributed by atoms with van der Waals surface area (Å²) in [7, 11) is 0. The molecular weight excluding hydrogens is 396 g/mol. The Morgan fingerprint density at radius 1 is 1.26 bits per heavy atom. The van der Waals surface area contributed by atoms with Gasteiger partial charge in [0.05, 0.1) is 18.9 Å². The summed E-state index contributed by atoms with van der Waals surface area (Å²) >= 11 is 8.65. The van der Waals surface area contributed by atoms with E-state index in [1.165, 1.54) is 0 Å². The smallest absolute Gasteiger partial charge is 0.187 e. The third-order valence-corrected chi connectivity index (χ3v) is 5.28. The summed E-state index contributed by atoms with van der Waals surface area (Å²) in [5, 5.41) is 3.07. The molecule has 0 aliphatic carbocycles. The van der Waals surface area contributed by atoms with E-state index in [0.717, 1.165) is 52.3 Å². The molecule has 102 valence electrons. The van der Waals surface area contributed by atoms with Crippen LogP contribution in [0.25, 0.3) is 5.82 Å². The van der Waals surface area contributed by atoms with E-state index in [9.17, 15) is 0 Å². The minimum Gasteiger partial charge on any atom is -0.378 e. The van der Waals surface area contributed by atoms with Crippen LogP contribution in [0.5, 0.6) is 0 Å². The standard InChI is InChI=1S/C11H12Br2N4OS/c1-7-9(12)17(10(13)14-7)8-6-19-11(15-8)16-2-4-18-5-3-16/h6H,2-5H2,1H3. The molecule has 0 saturated carbocycles. The zero-order valence-electron chi connectivity index (χ0n) is 10.3. The average molecular weight is 408 g/mol.